The molecular weight excluding hydrogens is 404 g/mol. The highest BCUT2D eigenvalue weighted by Gasteiger charge is 2.29. The van der Waals surface area contributed by atoms with Crippen LogP contribution < -0.4 is 15.8 Å². The molecule has 0 saturated carbocycles. The van der Waals surface area contributed by atoms with E-state index in [0.29, 0.717) is 25.1 Å². The van der Waals surface area contributed by atoms with Crippen molar-refractivity contribution in [1.82, 2.24) is 10.6 Å². The van der Waals surface area contributed by atoms with Crippen LogP contribution in [0.2, 0.25) is 0 Å². The van der Waals surface area contributed by atoms with Gasteiger partial charge in [-0.15, -0.1) is 12.4 Å². The second-order valence-corrected chi connectivity index (χ2v) is 7.51. The second-order valence-electron chi connectivity index (χ2n) is 6.02. The molecule has 0 radical (unpaired) electrons. The lowest BCUT2D eigenvalue weighted by atomic mass is 9.86. The van der Waals surface area contributed by atoms with Crippen molar-refractivity contribution >= 4 is 28.3 Å². The molecule has 1 aromatic carbocycles. The number of amides is 1. The summed E-state index contributed by atoms with van der Waals surface area (Å²) in [5.74, 6) is -2.95. The topological polar surface area (TPSA) is 114 Å². The summed E-state index contributed by atoms with van der Waals surface area (Å²) in [6, 6.07) is 5.55. The van der Waals surface area contributed by atoms with Crippen LogP contribution in [0, 0.1) is 11.6 Å². The number of piperidine rings is 1. The van der Waals surface area contributed by atoms with Gasteiger partial charge >= 0.3 is 0 Å². The number of halogens is 3. The highest BCUT2D eigenvalue weighted by Crippen LogP contribution is 2.27. The third-order valence-corrected chi connectivity index (χ3v) is 5.04. The molecule has 1 aliphatic rings. The Hall–Kier alpha value is -2.01. The van der Waals surface area contributed by atoms with E-state index in [2.05, 4.69) is 10.6 Å². The molecule has 0 spiro atoms. The van der Waals surface area contributed by atoms with Gasteiger partial charge in [0.2, 0.25) is 5.09 Å². The van der Waals surface area contributed by atoms with Crippen LogP contribution in [0.3, 0.4) is 0 Å². The van der Waals surface area contributed by atoms with Gasteiger partial charge in [0.15, 0.2) is 17.4 Å². The predicted molar refractivity (Wildman–Crippen MR) is 95.2 cm³/mol. The van der Waals surface area contributed by atoms with Crippen LogP contribution in [-0.2, 0) is 10.0 Å². The van der Waals surface area contributed by atoms with Gasteiger partial charge in [-0.05, 0) is 42.8 Å². The van der Waals surface area contributed by atoms with Gasteiger partial charge in [0.1, 0.15) is 0 Å². The maximum atomic E-state index is 13.5. The summed E-state index contributed by atoms with van der Waals surface area (Å²) < 4.78 is 54.1. The number of nitrogens with two attached hydrogens (primary N) is 1. The molecule has 1 aliphatic heterocycles. The highest BCUT2D eigenvalue weighted by atomic mass is 35.5. The molecule has 1 saturated heterocycles. The molecule has 11 heteroatoms. The molecule has 1 aromatic heterocycles. The highest BCUT2D eigenvalue weighted by molar-refractivity contribution is 7.89. The van der Waals surface area contributed by atoms with Gasteiger partial charge in [-0.25, -0.2) is 22.3 Å². The van der Waals surface area contributed by atoms with Crippen molar-refractivity contribution in [2.45, 2.75) is 23.5 Å². The van der Waals surface area contributed by atoms with Crippen LogP contribution in [0.5, 0.6) is 0 Å². The average molecular weight is 422 g/mol. The molecule has 2 unspecified atom stereocenters. The predicted octanol–water partition coefficient (Wildman–Crippen LogP) is 1.50. The van der Waals surface area contributed by atoms with Crippen molar-refractivity contribution < 1.29 is 26.4 Å². The smallest absolute Gasteiger partial charge is 0.287 e. The molecule has 0 aliphatic carbocycles. The van der Waals surface area contributed by atoms with Gasteiger partial charge < -0.3 is 15.1 Å². The van der Waals surface area contributed by atoms with E-state index < -0.39 is 38.7 Å². The number of hydrogen-bond acceptors (Lipinski definition) is 5. The maximum absolute atomic E-state index is 13.5. The Bertz CT molecular complexity index is 935. The Labute approximate surface area is 160 Å². The zero-order chi connectivity index (χ0) is 18.9. The summed E-state index contributed by atoms with van der Waals surface area (Å²) in [6.45, 7) is 1.07. The van der Waals surface area contributed by atoms with Crippen LogP contribution in [0.15, 0.2) is 39.8 Å². The first-order valence-corrected chi connectivity index (χ1v) is 9.39. The standard InChI is InChI=1S/C16H17F2N3O4S.ClH/c17-11-2-1-9(7-12(11)18)10-5-6-20-8-13(10)21-16(22)14-3-4-15(25-14)26(19,23)24;/h1-4,7,10,13,20H,5-6,8H2,(H,21,22)(H2,19,23,24);1H. The van der Waals surface area contributed by atoms with Crippen LogP contribution >= 0.6 is 12.4 Å². The van der Waals surface area contributed by atoms with Crippen molar-refractivity contribution in [3.05, 3.63) is 53.3 Å². The van der Waals surface area contributed by atoms with Crippen LogP contribution in [0.4, 0.5) is 8.78 Å². The largest absolute Gasteiger partial charge is 0.438 e. The van der Waals surface area contributed by atoms with E-state index in [9.17, 15) is 22.0 Å². The zero-order valence-corrected chi connectivity index (χ0v) is 15.6. The number of nitrogens with one attached hydrogen (secondary N) is 2. The number of hydrogen-bond donors (Lipinski definition) is 3. The Morgan fingerprint density at radius 3 is 2.59 bits per heavy atom. The third kappa shape index (κ3) is 4.83. The number of benzene rings is 1. The molecule has 1 amide bonds. The first-order valence-electron chi connectivity index (χ1n) is 7.85. The van der Waals surface area contributed by atoms with E-state index in [1.165, 1.54) is 12.1 Å². The van der Waals surface area contributed by atoms with Crippen molar-refractivity contribution in [2.24, 2.45) is 5.14 Å². The van der Waals surface area contributed by atoms with Gasteiger partial charge in [-0.3, -0.25) is 4.79 Å². The second kappa shape index (κ2) is 8.34. The monoisotopic (exact) mass is 421 g/mol. The molecule has 2 atom stereocenters. The first kappa shape index (κ1) is 21.3. The molecule has 4 N–H and O–H groups in total. The molecule has 0 bridgehead atoms. The number of furan rings is 1. The Morgan fingerprint density at radius 2 is 1.96 bits per heavy atom. The Morgan fingerprint density at radius 1 is 1.22 bits per heavy atom. The normalized spacial score (nSPS) is 20.0. The quantitative estimate of drug-likeness (QED) is 0.692. The van der Waals surface area contributed by atoms with E-state index in [-0.39, 0.29) is 24.1 Å². The molecule has 148 valence electrons. The summed E-state index contributed by atoms with van der Waals surface area (Å²) in [5.41, 5.74) is 0.570. The molecule has 1 fully saturated rings. The van der Waals surface area contributed by atoms with E-state index in [1.54, 1.807) is 0 Å². The number of carbonyl (C=O) groups is 1. The van der Waals surface area contributed by atoms with Gasteiger partial charge in [-0.2, -0.15) is 0 Å². The van der Waals surface area contributed by atoms with Gasteiger partial charge in [0, 0.05) is 18.5 Å². The average Bonchev–Trinajstić information content (AvgIpc) is 3.08. The van der Waals surface area contributed by atoms with Crippen LogP contribution in [0.1, 0.15) is 28.5 Å². The van der Waals surface area contributed by atoms with Crippen molar-refractivity contribution in [1.29, 1.82) is 0 Å². The molecule has 2 aromatic rings. The van der Waals surface area contributed by atoms with E-state index in [4.69, 9.17) is 9.56 Å². The fourth-order valence-electron chi connectivity index (χ4n) is 2.99. The van der Waals surface area contributed by atoms with E-state index in [0.717, 1.165) is 18.2 Å². The van der Waals surface area contributed by atoms with Gasteiger partial charge in [-0.1, -0.05) is 6.07 Å². The Kier molecular flexibility index (Phi) is 6.58. The third-order valence-electron chi connectivity index (χ3n) is 4.26. The van der Waals surface area contributed by atoms with Crippen molar-refractivity contribution in [3.8, 4) is 0 Å². The minimum Gasteiger partial charge on any atom is -0.438 e. The molecule has 3 rings (SSSR count). The summed E-state index contributed by atoms with van der Waals surface area (Å²) in [4.78, 5) is 12.3. The van der Waals surface area contributed by atoms with Crippen molar-refractivity contribution in [3.63, 3.8) is 0 Å². The fraction of sp³-hybridized carbons (Fsp3) is 0.312. The van der Waals surface area contributed by atoms with E-state index in [1.807, 2.05) is 0 Å². The summed E-state index contributed by atoms with van der Waals surface area (Å²) >= 11 is 0. The summed E-state index contributed by atoms with van der Waals surface area (Å²) in [7, 11) is -4.05. The zero-order valence-electron chi connectivity index (χ0n) is 13.9. The van der Waals surface area contributed by atoms with Gasteiger partial charge in [0.25, 0.3) is 15.9 Å². The minimum atomic E-state index is -4.05. The Balaban J connectivity index is 0.00000261. The summed E-state index contributed by atoms with van der Waals surface area (Å²) in [6.07, 6.45) is 0.608. The van der Waals surface area contributed by atoms with Crippen molar-refractivity contribution in [2.75, 3.05) is 13.1 Å². The lowest BCUT2D eigenvalue weighted by Gasteiger charge is -2.33. The number of sulfonamides is 1. The van der Waals surface area contributed by atoms with Crippen LogP contribution in [0.25, 0.3) is 0 Å². The van der Waals surface area contributed by atoms with Crippen LogP contribution in [-0.4, -0.2) is 33.5 Å². The van der Waals surface area contributed by atoms with Gasteiger partial charge in [0.05, 0.1) is 0 Å². The summed E-state index contributed by atoms with van der Waals surface area (Å²) in [5, 5.41) is 10.3. The number of rotatable bonds is 4. The molecular formula is C16H18ClF2N3O4S. The van der Waals surface area contributed by atoms with E-state index >= 15 is 0 Å². The minimum absolute atomic E-state index is 0. The molecule has 7 nitrogen and oxygen atoms in total. The maximum Gasteiger partial charge on any atom is 0.287 e. The molecule has 27 heavy (non-hydrogen) atoms. The lowest BCUT2D eigenvalue weighted by Crippen LogP contribution is -2.50. The number of carbonyl (C=O) groups excluding carboxylic acids is 1. The number of primary sulfonamides is 1. The lowest BCUT2D eigenvalue weighted by molar-refractivity contribution is 0.0891. The fourth-order valence-corrected chi connectivity index (χ4v) is 3.45. The first-order chi connectivity index (χ1) is 12.3. The molecule has 2 heterocycles. The SMILES string of the molecule is Cl.NS(=O)(=O)c1ccc(C(=O)NC2CNCCC2c2ccc(F)c(F)c2)o1.